The first-order chi connectivity index (χ1) is 16.4. The molecule has 0 radical (unpaired) electrons. The molecule has 0 fully saturated rings. The van der Waals surface area contributed by atoms with E-state index < -0.39 is 10.0 Å². The van der Waals surface area contributed by atoms with Crippen molar-refractivity contribution >= 4 is 21.6 Å². The van der Waals surface area contributed by atoms with Crippen LogP contribution >= 0.6 is 0 Å². The summed E-state index contributed by atoms with van der Waals surface area (Å²) in [5.41, 5.74) is 3.64. The molecule has 3 aromatic rings. The predicted molar refractivity (Wildman–Crippen MR) is 137 cm³/mol. The third kappa shape index (κ3) is 5.48. The number of aryl methyl sites for hydroxylation is 2. The van der Waals surface area contributed by atoms with Crippen molar-refractivity contribution < 1.29 is 13.2 Å². The lowest BCUT2D eigenvalue weighted by Gasteiger charge is -2.26. The molecule has 0 bridgehead atoms. The number of hydrogen-bond acceptors (Lipinski definition) is 4. The Morgan fingerprint density at radius 1 is 1.06 bits per heavy atom. The average Bonchev–Trinajstić information content (AvgIpc) is 2.78. The van der Waals surface area contributed by atoms with E-state index in [9.17, 15) is 18.0 Å². The summed E-state index contributed by atoms with van der Waals surface area (Å²) >= 11 is 0. The van der Waals surface area contributed by atoms with Gasteiger partial charge in [-0.05, 0) is 78.6 Å². The molecular formula is C27H31N3O4S. The van der Waals surface area contributed by atoms with Gasteiger partial charge in [0.2, 0.25) is 5.56 Å². The molecule has 0 spiro atoms. The summed E-state index contributed by atoms with van der Waals surface area (Å²) in [5, 5.41) is 3.03. The first-order valence-corrected chi connectivity index (χ1v) is 13.2. The van der Waals surface area contributed by atoms with Gasteiger partial charge < -0.3 is 10.3 Å². The summed E-state index contributed by atoms with van der Waals surface area (Å²) < 4.78 is 29.1. The molecule has 1 aliphatic rings. The molecule has 1 amide bonds. The molecule has 2 aromatic carbocycles. The summed E-state index contributed by atoms with van der Waals surface area (Å²) in [4.78, 5) is 27.7. The Kier molecular flexibility index (Phi) is 6.60. The lowest BCUT2D eigenvalue weighted by Crippen LogP contribution is -2.32. The Labute approximate surface area is 206 Å². The van der Waals surface area contributed by atoms with Crippen molar-refractivity contribution in [2.45, 2.75) is 63.3 Å². The Morgan fingerprint density at radius 3 is 2.57 bits per heavy atom. The number of amides is 1. The quantitative estimate of drug-likeness (QED) is 0.483. The van der Waals surface area contributed by atoms with E-state index in [0.717, 1.165) is 36.1 Å². The number of sulfonamides is 1. The lowest BCUT2D eigenvalue weighted by atomic mass is 9.87. The maximum absolute atomic E-state index is 13.2. The minimum absolute atomic E-state index is 0.154. The van der Waals surface area contributed by atoms with Gasteiger partial charge in [-0.25, -0.2) is 8.42 Å². The Bertz CT molecular complexity index is 1440. The summed E-state index contributed by atoms with van der Waals surface area (Å²) in [6.07, 6.45) is 2.39. The molecule has 3 N–H and O–H groups in total. The second-order valence-electron chi connectivity index (χ2n) is 10.1. The first-order valence-electron chi connectivity index (χ1n) is 11.7. The van der Waals surface area contributed by atoms with Crippen LogP contribution in [0.1, 0.15) is 72.4 Å². The van der Waals surface area contributed by atoms with Gasteiger partial charge in [-0.2, -0.15) is 0 Å². The molecule has 1 aliphatic carbocycles. The third-order valence-electron chi connectivity index (χ3n) is 6.36. The summed E-state index contributed by atoms with van der Waals surface area (Å²) in [6, 6.07) is 14.9. The second kappa shape index (κ2) is 9.34. The van der Waals surface area contributed by atoms with Crippen LogP contribution in [0.5, 0.6) is 0 Å². The zero-order valence-electron chi connectivity index (χ0n) is 20.4. The van der Waals surface area contributed by atoms with E-state index >= 15 is 0 Å². The van der Waals surface area contributed by atoms with Gasteiger partial charge in [-0.1, -0.05) is 39.0 Å². The summed E-state index contributed by atoms with van der Waals surface area (Å²) in [5.74, 6) is -0.305. The molecule has 35 heavy (non-hydrogen) atoms. The second-order valence-corrected chi connectivity index (χ2v) is 11.7. The molecule has 1 unspecified atom stereocenters. The highest BCUT2D eigenvalue weighted by Crippen LogP contribution is 2.29. The predicted octanol–water partition coefficient (Wildman–Crippen LogP) is 4.59. The van der Waals surface area contributed by atoms with Crippen molar-refractivity contribution in [1.29, 1.82) is 0 Å². The number of anilines is 1. The smallest absolute Gasteiger partial charge is 0.262 e. The fourth-order valence-corrected chi connectivity index (χ4v) is 5.70. The van der Waals surface area contributed by atoms with Gasteiger partial charge in [-0.15, -0.1) is 0 Å². The monoisotopic (exact) mass is 493 g/mol. The summed E-state index contributed by atoms with van der Waals surface area (Å²) in [6.45, 7) is 7.86. The van der Waals surface area contributed by atoms with Crippen LogP contribution in [-0.4, -0.2) is 19.3 Å². The van der Waals surface area contributed by atoms with E-state index in [1.807, 2.05) is 32.9 Å². The van der Waals surface area contributed by atoms with Crippen LogP contribution in [0.15, 0.2) is 64.3 Å². The van der Waals surface area contributed by atoms with Gasteiger partial charge in [0.05, 0.1) is 10.9 Å². The van der Waals surface area contributed by atoms with Gasteiger partial charge >= 0.3 is 0 Å². The van der Waals surface area contributed by atoms with Gasteiger partial charge in [-0.3, -0.25) is 14.3 Å². The van der Waals surface area contributed by atoms with E-state index in [1.165, 1.54) is 12.1 Å². The average molecular weight is 494 g/mol. The van der Waals surface area contributed by atoms with Gasteiger partial charge in [0.15, 0.2) is 0 Å². The third-order valence-corrected chi connectivity index (χ3v) is 7.88. The molecule has 4 rings (SSSR count). The molecule has 1 atom stereocenters. The van der Waals surface area contributed by atoms with Crippen LogP contribution < -0.4 is 15.6 Å². The van der Waals surface area contributed by atoms with E-state index in [1.54, 1.807) is 37.3 Å². The molecule has 0 saturated heterocycles. The number of aromatic amines is 1. The van der Waals surface area contributed by atoms with E-state index in [4.69, 9.17) is 0 Å². The van der Waals surface area contributed by atoms with Crippen molar-refractivity contribution in [2.24, 2.45) is 0 Å². The highest BCUT2D eigenvalue weighted by molar-refractivity contribution is 7.92. The minimum Gasteiger partial charge on any atom is -0.345 e. The molecule has 7 nitrogen and oxygen atoms in total. The maximum atomic E-state index is 13.2. The van der Waals surface area contributed by atoms with Crippen LogP contribution in [0, 0.1) is 6.92 Å². The van der Waals surface area contributed by atoms with Crippen LogP contribution in [-0.2, 0) is 21.9 Å². The molecule has 8 heteroatoms. The number of rotatable bonds is 5. The van der Waals surface area contributed by atoms with E-state index in [2.05, 4.69) is 15.0 Å². The van der Waals surface area contributed by atoms with Crippen molar-refractivity contribution in [3.63, 3.8) is 0 Å². The van der Waals surface area contributed by atoms with Crippen molar-refractivity contribution in [1.82, 2.24) is 10.3 Å². The van der Waals surface area contributed by atoms with Crippen LogP contribution in [0.3, 0.4) is 0 Å². The largest absolute Gasteiger partial charge is 0.345 e. The number of fused-ring (bicyclic) bond motifs is 1. The van der Waals surface area contributed by atoms with Crippen LogP contribution in [0.4, 0.5) is 5.69 Å². The fraction of sp³-hybridized carbons (Fsp3) is 0.333. The summed E-state index contributed by atoms with van der Waals surface area (Å²) in [7, 11) is -3.86. The number of carbonyl (C=O) groups is 1. The number of hydrogen-bond donors (Lipinski definition) is 3. The number of aromatic nitrogens is 1. The first kappa shape index (κ1) is 24.7. The SMILES string of the molecule is Cc1ccc(C(C)(C)C)cc1S(=O)(=O)Nc1cccc(C(=O)NC2CCCc3[nH]c(=O)ccc32)c1. The van der Waals surface area contributed by atoms with Crippen LogP contribution in [0.2, 0.25) is 0 Å². The zero-order valence-corrected chi connectivity index (χ0v) is 21.3. The van der Waals surface area contributed by atoms with Crippen molar-refractivity contribution in [2.75, 3.05) is 4.72 Å². The number of H-pyrrole nitrogens is 1. The lowest BCUT2D eigenvalue weighted by molar-refractivity contribution is 0.0932. The minimum atomic E-state index is -3.86. The maximum Gasteiger partial charge on any atom is 0.262 e. The Morgan fingerprint density at radius 2 is 1.83 bits per heavy atom. The topological polar surface area (TPSA) is 108 Å². The van der Waals surface area contributed by atoms with Gasteiger partial charge in [0.25, 0.3) is 15.9 Å². The zero-order chi connectivity index (χ0) is 25.4. The van der Waals surface area contributed by atoms with Crippen molar-refractivity contribution in [3.8, 4) is 0 Å². The normalized spacial score (nSPS) is 15.8. The molecule has 184 valence electrons. The fourth-order valence-electron chi connectivity index (χ4n) is 4.38. The van der Waals surface area contributed by atoms with Gasteiger partial charge in [0.1, 0.15) is 0 Å². The van der Waals surface area contributed by atoms with Crippen LogP contribution in [0.25, 0.3) is 0 Å². The molecular weight excluding hydrogens is 462 g/mol. The molecule has 1 heterocycles. The number of carbonyl (C=O) groups excluding carboxylic acids is 1. The highest BCUT2D eigenvalue weighted by Gasteiger charge is 2.24. The Hall–Kier alpha value is -3.39. The Balaban J connectivity index is 1.55. The standard InChI is InChI=1S/C27H31N3O4S/c1-17-11-12-19(27(2,3)4)16-24(17)35(33,34)30-20-8-5-7-18(15-20)26(32)29-23-10-6-9-22-21(23)13-14-25(31)28-22/h5,7-8,11-16,23,30H,6,9-10H2,1-4H3,(H,28,31)(H,29,32). The van der Waals surface area contributed by atoms with E-state index in [-0.39, 0.29) is 27.8 Å². The molecule has 0 saturated carbocycles. The van der Waals surface area contributed by atoms with Gasteiger partial charge in [0, 0.05) is 23.0 Å². The van der Waals surface area contributed by atoms with E-state index in [0.29, 0.717) is 16.8 Å². The number of nitrogens with one attached hydrogen (secondary N) is 3. The molecule has 0 aliphatic heterocycles. The highest BCUT2D eigenvalue weighted by atomic mass is 32.2. The number of benzene rings is 2. The molecule has 1 aromatic heterocycles. The van der Waals surface area contributed by atoms with Crippen molar-refractivity contribution in [3.05, 3.63) is 92.9 Å². The number of pyridine rings is 1.